The van der Waals surface area contributed by atoms with Gasteiger partial charge in [0.25, 0.3) is 0 Å². The summed E-state index contributed by atoms with van der Waals surface area (Å²) in [5, 5.41) is 4.51. The first-order valence-corrected chi connectivity index (χ1v) is 8.56. The lowest BCUT2D eigenvalue weighted by atomic mass is 9.75. The maximum Gasteiger partial charge on any atom is 0.0409 e. The molecule has 0 heterocycles. The minimum absolute atomic E-state index is 0.342. The van der Waals surface area contributed by atoms with E-state index in [1.807, 2.05) is 18.2 Å². The highest BCUT2D eigenvalue weighted by atomic mass is 79.9. The Morgan fingerprint density at radius 2 is 1.90 bits per heavy atom. The molecule has 1 saturated carbocycles. The lowest BCUT2D eigenvalue weighted by Crippen LogP contribution is -2.41. The topological polar surface area (TPSA) is 12.0 Å². The van der Waals surface area contributed by atoms with Gasteiger partial charge >= 0.3 is 0 Å². The van der Waals surface area contributed by atoms with E-state index in [0.717, 1.165) is 5.02 Å². The molecule has 1 aliphatic carbocycles. The molecule has 0 aromatic heterocycles. The van der Waals surface area contributed by atoms with Crippen molar-refractivity contribution in [3.8, 4) is 0 Å². The summed E-state index contributed by atoms with van der Waals surface area (Å²) in [4.78, 5) is 0. The quantitative estimate of drug-likeness (QED) is 0.734. The fourth-order valence-electron chi connectivity index (χ4n) is 3.04. The Kier molecular flexibility index (Phi) is 4.68. The first kappa shape index (κ1) is 15.1. The summed E-state index contributed by atoms with van der Waals surface area (Å²) < 4.78 is 1.23. The van der Waals surface area contributed by atoms with Crippen LogP contribution in [0.15, 0.2) is 53.0 Å². The summed E-state index contributed by atoms with van der Waals surface area (Å²) in [5.74, 6) is 0.671. The van der Waals surface area contributed by atoms with E-state index in [1.54, 1.807) is 0 Å². The predicted molar refractivity (Wildman–Crippen MR) is 92.9 cm³/mol. The number of halogens is 2. The van der Waals surface area contributed by atoms with E-state index in [1.165, 1.54) is 28.4 Å². The molecule has 1 N–H and O–H groups in total. The largest absolute Gasteiger partial charge is 0.307 e. The van der Waals surface area contributed by atoms with Crippen LogP contribution < -0.4 is 5.32 Å². The molecule has 110 valence electrons. The maximum absolute atomic E-state index is 6.06. The number of benzene rings is 2. The van der Waals surface area contributed by atoms with Crippen molar-refractivity contribution in [1.29, 1.82) is 0 Å². The molecule has 0 unspecified atom stereocenters. The molecule has 0 bridgehead atoms. The van der Waals surface area contributed by atoms with E-state index < -0.39 is 0 Å². The third-order valence-electron chi connectivity index (χ3n) is 4.32. The Bertz CT molecular complexity index is 622. The van der Waals surface area contributed by atoms with Crippen molar-refractivity contribution in [1.82, 2.24) is 5.32 Å². The van der Waals surface area contributed by atoms with Crippen LogP contribution in [0.2, 0.25) is 5.02 Å². The fourth-order valence-corrected chi connectivity index (χ4v) is 3.85. The van der Waals surface area contributed by atoms with E-state index in [9.17, 15) is 0 Å². The zero-order chi connectivity index (χ0) is 14.8. The monoisotopic (exact) mass is 363 g/mol. The second-order valence-corrected chi connectivity index (χ2v) is 7.12. The molecular weight excluding hydrogens is 346 g/mol. The molecule has 21 heavy (non-hydrogen) atoms. The van der Waals surface area contributed by atoms with Gasteiger partial charge in [-0.15, -0.1) is 0 Å². The summed E-state index contributed by atoms with van der Waals surface area (Å²) >= 11 is 9.71. The highest BCUT2D eigenvalue weighted by Crippen LogP contribution is 2.40. The zero-order valence-corrected chi connectivity index (χ0v) is 14.4. The van der Waals surface area contributed by atoms with Crippen LogP contribution >= 0.6 is 27.5 Å². The Morgan fingerprint density at radius 3 is 2.62 bits per heavy atom. The SMILES string of the molecule is C[C@@H](NC1CC(c2ccccc2Br)C1)c1cccc(Cl)c1. The molecule has 0 aliphatic heterocycles. The normalized spacial score (nSPS) is 22.6. The van der Waals surface area contributed by atoms with Crippen molar-refractivity contribution in [2.24, 2.45) is 0 Å². The third-order valence-corrected chi connectivity index (χ3v) is 5.27. The minimum Gasteiger partial charge on any atom is -0.307 e. The first-order valence-electron chi connectivity index (χ1n) is 7.39. The Hall–Kier alpha value is -0.830. The third kappa shape index (κ3) is 3.50. The summed E-state index contributed by atoms with van der Waals surface area (Å²) in [5.41, 5.74) is 2.69. The predicted octanol–water partition coefficient (Wildman–Crippen LogP) is 5.70. The van der Waals surface area contributed by atoms with Gasteiger partial charge in [0.1, 0.15) is 0 Å². The number of hydrogen-bond donors (Lipinski definition) is 1. The van der Waals surface area contributed by atoms with Crippen LogP contribution in [0.25, 0.3) is 0 Å². The van der Waals surface area contributed by atoms with Gasteiger partial charge in [0.2, 0.25) is 0 Å². The second-order valence-electron chi connectivity index (χ2n) is 5.83. The molecule has 3 rings (SSSR count). The Morgan fingerprint density at radius 1 is 1.14 bits per heavy atom. The van der Waals surface area contributed by atoms with Gasteiger partial charge in [-0.05, 0) is 55.0 Å². The van der Waals surface area contributed by atoms with Crippen molar-refractivity contribution in [3.63, 3.8) is 0 Å². The molecule has 1 nitrogen and oxygen atoms in total. The lowest BCUT2D eigenvalue weighted by Gasteiger charge is -2.38. The van der Waals surface area contributed by atoms with E-state index in [2.05, 4.69) is 58.5 Å². The Labute approximate surface area is 139 Å². The minimum atomic E-state index is 0.342. The van der Waals surface area contributed by atoms with Crippen LogP contribution in [-0.2, 0) is 0 Å². The van der Waals surface area contributed by atoms with Crippen molar-refractivity contribution >= 4 is 27.5 Å². The van der Waals surface area contributed by atoms with E-state index in [4.69, 9.17) is 11.6 Å². The number of nitrogens with one attached hydrogen (secondary N) is 1. The smallest absolute Gasteiger partial charge is 0.0409 e. The molecule has 3 heteroatoms. The highest BCUT2D eigenvalue weighted by molar-refractivity contribution is 9.10. The lowest BCUT2D eigenvalue weighted by molar-refractivity contribution is 0.270. The van der Waals surface area contributed by atoms with Crippen LogP contribution in [-0.4, -0.2) is 6.04 Å². The van der Waals surface area contributed by atoms with Crippen LogP contribution in [0, 0.1) is 0 Å². The maximum atomic E-state index is 6.06. The second kappa shape index (κ2) is 6.51. The van der Waals surface area contributed by atoms with Gasteiger partial charge in [0.05, 0.1) is 0 Å². The molecular formula is C18H19BrClN. The van der Waals surface area contributed by atoms with Gasteiger partial charge in [-0.2, -0.15) is 0 Å². The number of hydrogen-bond acceptors (Lipinski definition) is 1. The van der Waals surface area contributed by atoms with Gasteiger partial charge in [-0.3, -0.25) is 0 Å². The summed E-state index contributed by atoms with van der Waals surface area (Å²) in [6.07, 6.45) is 2.40. The standard InChI is InChI=1S/C18H19BrClN/c1-12(13-5-4-6-15(20)9-13)21-16-10-14(11-16)17-7-2-3-8-18(17)19/h2-9,12,14,16,21H,10-11H2,1H3/t12-,14?,16?/m1/s1. The van der Waals surface area contributed by atoms with E-state index in [0.29, 0.717) is 18.0 Å². The average molecular weight is 365 g/mol. The van der Waals surface area contributed by atoms with Gasteiger partial charge < -0.3 is 5.32 Å². The van der Waals surface area contributed by atoms with Gasteiger partial charge in [0, 0.05) is 21.6 Å². The van der Waals surface area contributed by atoms with Gasteiger partial charge in [-0.25, -0.2) is 0 Å². The van der Waals surface area contributed by atoms with Gasteiger partial charge in [0.15, 0.2) is 0 Å². The van der Waals surface area contributed by atoms with Crippen molar-refractivity contribution in [3.05, 3.63) is 69.2 Å². The number of rotatable bonds is 4. The molecule has 0 amide bonds. The molecule has 0 spiro atoms. The molecule has 1 atom stereocenters. The molecule has 2 aromatic rings. The van der Waals surface area contributed by atoms with Gasteiger partial charge in [-0.1, -0.05) is 57.9 Å². The molecule has 0 saturated heterocycles. The van der Waals surface area contributed by atoms with Crippen molar-refractivity contribution in [2.45, 2.75) is 37.8 Å². The summed E-state index contributed by atoms with van der Waals surface area (Å²) in [6.45, 7) is 2.21. The van der Waals surface area contributed by atoms with Crippen LogP contribution in [0.3, 0.4) is 0 Å². The average Bonchev–Trinajstić information content (AvgIpc) is 2.43. The van der Waals surface area contributed by atoms with E-state index >= 15 is 0 Å². The van der Waals surface area contributed by atoms with Crippen LogP contribution in [0.5, 0.6) is 0 Å². The van der Waals surface area contributed by atoms with Crippen LogP contribution in [0.4, 0.5) is 0 Å². The Balaban J connectivity index is 1.56. The molecule has 0 radical (unpaired) electrons. The summed E-state index contributed by atoms with van der Waals surface area (Å²) in [7, 11) is 0. The zero-order valence-electron chi connectivity index (χ0n) is 12.0. The fraction of sp³-hybridized carbons (Fsp3) is 0.333. The summed E-state index contributed by atoms with van der Waals surface area (Å²) in [6, 6.07) is 17.6. The van der Waals surface area contributed by atoms with E-state index in [-0.39, 0.29) is 0 Å². The van der Waals surface area contributed by atoms with Crippen LogP contribution in [0.1, 0.15) is 42.9 Å². The van der Waals surface area contributed by atoms with Crippen molar-refractivity contribution < 1.29 is 0 Å². The highest BCUT2D eigenvalue weighted by Gasteiger charge is 2.32. The van der Waals surface area contributed by atoms with Crippen molar-refractivity contribution in [2.75, 3.05) is 0 Å². The molecule has 1 aliphatic rings. The molecule has 2 aromatic carbocycles. The molecule has 1 fully saturated rings. The first-order chi connectivity index (χ1) is 10.1.